The molecule has 0 atom stereocenters. The SMILES string of the molecule is Nc1ccc(O)cc1C(=O)N1CCCCC1. The minimum absolute atomic E-state index is 0.0758. The number of carbonyl (C=O) groups is 1. The lowest BCUT2D eigenvalue weighted by molar-refractivity contribution is 0.0725. The number of nitrogen functional groups attached to an aromatic ring is 1. The van der Waals surface area contributed by atoms with E-state index in [4.69, 9.17) is 5.73 Å². The van der Waals surface area contributed by atoms with Crippen LogP contribution < -0.4 is 5.73 Å². The summed E-state index contributed by atoms with van der Waals surface area (Å²) < 4.78 is 0. The number of hydrogen-bond donors (Lipinski definition) is 2. The molecule has 86 valence electrons. The molecule has 1 heterocycles. The molecule has 1 aliphatic heterocycles. The van der Waals surface area contributed by atoms with Crippen molar-refractivity contribution in [2.45, 2.75) is 19.3 Å². The van der Waals surface area contributed by atoms with Gasteiger partial charge in [-0.25, -0.2) is 0 Å². The molecule has 0 radical (unpaired) electrons. The fourth-order valence-corrected chi connectivity index (χ4v) is 2.00. The number of likely N-dealkylation sites (tertiary alicyclic amines) is 1. The van der Waals surface area contributed by atoms with Crippen molar-refractivity contribution in [3.8, 4) is 5.75 Å². The van der Waals surface area contributed by atoms with Gasteiger partial charge >= 0.3 is 0 Å². The lowest BCUT2D eigenvalue weighted by Gasteiger charge is -2.27. The average Bonchev–Trinajstić information content (AvgIpc) is 2.32. The van der Waals surface area contributed by atoms with E-state index in [1.165, 1.54) is 18.6 Å². The van der Waals surface area contributed by atoms with Gasteiger partial charge in [0.2, 0.25) is 0 Å². The topological polar surface area (TPSA) is 66.6 Å². The number of hydrogen-bond acceptors (Lipinski definition) is 3. The maximum absolute atomic E-state index is 12.1. The molecule has 1 aromatic rings. The molecular formula is C12H16N2O2. The first-order valence-electron chi connectivity index (χ1n) is 5.56. The van der Waals surface area contributed by atoms with Crippen molar-refractivity contribution >= 4 is 11.6 Å². The van der Waals surface area contributed by atoms with Crippen LogP contribution >= 0.6 is 0 Å². The van der Waals surface area contributed by atoms with Gasteiger partial charge in [-0.1, -0.05) is 0 Å². The minimum Gasteiger partial charge on any atom is -0.508 e. The van der Waals surface area contributed by atoms with E-state index in [2.05, 4.69) is 0 Å². The van der Waals surface area contributed by atoms with Crippen LogP contribution in [0.5, 0.6) is 5.75 Å². The highest BCUT2D eigenvalue weighted by molar-refractivity contribution is 5.99. The second kappa shape index (κ2) is 4.43. The maximum atomic E-state index is 12.1. The van der Waals surface area contributed by atoms with Crippen LogP contribution in [0.3, 0.4) is 0 Å². The van der Waals surface area contributed by atoms with E-state index in [0.717, 1.165) is 25.9 Å². The van der Waals surface area contributed by atoms with Gasteiger partial charge in [0, 0.05) is 18.8 Å². The summed E-state index contributed by atoms with van der Waals surface area (Å²) in [5.41, 5.74) is 6.57. The van der Waals surface area contributed by atoms with Crippen molar-refractivity contribution in [1.82, 2.24) is 4.90 Å². The monoisotopic (exact) mass is 220 g/mol. The fraction of sp³-hybridized carbons (Fsp3) is 0.417. The Morgan fingerprint density at radius 1 is 1.25 bits per heavy atom. The van der Waals surface area contributed by atoms with Gasteiger partial charge in [-0.3, -0.25) is 4.79 Å². The van der Waals surface area contributed by atoms with Crippen LogP contribution in [0, 0.1) is 0 Å². The van der Waals surface area contributed by atoms with Crippen LogP contribution in [-0.2, 0) is 0 Å². The number of nitrogens with zero attached hydrogens (tertiary/aromatic N) is 1. The second-order valence-corrected chi connectivity index (χ2v) is 4.12. The quantitative estimate of drug-likeness (QED) is 0.558. The zero-order valence-electron chi connectivity index (χ0n) is 9.15. The third kappa shape index (κ3) is 2.10. The summed E-state index contributed by atoms with van der Waals surface area (Å²) >= 11 is 0. The molecule has 4 heteroatoms. The van der Waals surface area contributed by atoms with Gasteiger partial charge in [-0.05, 0) is 37.5 Å². The molecule has 1 aromatic carbocycles. The fourth-order valence-electron chi connectivity index (χ4n) is 2.00. The number of carbonyl (C=O) groups excluding carboxylic acids is 1. The zero-order valence-corrected chi connectivity index (χ0v) is 9.15. The number of benzene rings is 1. The van der Waals surface area contributed by atoms with Crippen molar-refractivity contribution in [1.29, 1.82) is 0 Å². The molecule has 0 saturated carbocycles. The van der Waals surface area contributed by atoms with Crippen molar-refractivity contribution in [3.63, 3.8) is 0 Å². The highest BCUT2D eigenvalue weighted by Crippen LogP contribution is 2.21. The predicted molar refractivity (Wildman–Crippen MR) is 62.3 cm³/mol. The van der Waals surface area contributed by atoms with Crippen LogP contribution in [0.15, 0.2) is 18.2 Å². The Morgan fingerprint density at radius 3 is 2.62 bits per heavy atom. The number of nitrogens with two attached hydrogens (primary N) is 1. The van der Waals surface area contributed by atoms with Gasteiger partial charge in [0.1, 0.15) is 5.75 Å². The van der Waals surface area contributed by atoms with Crippen molar-refractivity contribution < 1.29 is 9.90 Å². The lowest BCUT2D eigenvalue weighted by Crippen LogP contribution is -2.35. The van der Waals surface area contributed by atoms with E-state index in [9.17, 15) is 9.90 Å². The third-order valence-corrected chi connectivity index (χ3v) is 2.91. The molecule has 0 aromatic heterocycles. The summed E-state index contributed by atoms with van der Waals surface area (Å²) in [4.78, 5) is 13.9. The van der Waals surface area contributed by atoms with E-state index < -0.39 is 0 Å². The Kier molecular flexibility index (Phi) is 2.99. The van der Waals surface area contributed by atoms with Gasteiger partial charge in [0.05, 0.1) is 5.56 Å². The Balaban J connectivity index is 2.22. The van der Waals surface area contributed by atoms with Crippen LogP contribution in [0.1, 0.15) is 29.6 Å². The van der Waals surface area contributed by atoms with Gasteiger partial charge in [0.15, 0.2) is 0 Å². The second-order valence-electron chi connectivity index (χ2n) is 4.12. The molecule has 1 aliphatic rings. The molecule has 16 heavy (non-hydrogen) atoms. The Morgan fingerprint density at radius 2 is 1.94 bits per heavy atom. The summed E-state index contributed by atoms with van der Waals surface area (Å²) in [6, 6.07) is 4.49. The van der Waals surface area contributed by atoms with Crippen LogP contribution in [0.4, 0.5) is 5.69 Å². The molecule has 3 N–H and O–H groups in total. The van der Waals surface area contributed by atoms with Gasteiger partial charge in [-0.15, -0.1) is 0 Å². The first kappa shape index (κ1) is 10.8. The molecule has 1 saturated heterocycles. The lowest BCUT2D eigenvalue weighted by atomic mass is 10.1. The molecule has 0 unspecified atom stereocenters. The Bertz CT molecular complexity index is 398. The molecule has 4 nitrogen and oxygen atoms in total. The molecule has 1 amide bonds. The smallest absolute Gasteiger partial charge is 0.256 e. The summed E-state index contributed by atoms with van der Waals surface area (Å²) in [5.74, 6) is 0.00246. The zero-order chi connectivity index (χ0) is 11.5. The van der Waals surface area contributed by atoms with E-state index in [-0.39, 0.29) is 11.7 Å². The highest BCUT2D eigenvalue weighted by Gasteiger charge is 2.20. The number of piperidine rings is 1. The van der Waals surface area contributed by atoms with E-state index in [0.29, 0.717) is 11.3 Å². The largest absolute Gasteiger partial charge is 0.508 e. The molecular weight excluding hydrogens is 204 g/mol. The Labute approximate surface area is 94.7 Å². The van der Waals surface area contributed by atoms with E-state index in [1.54, 1.807) is 11.0 Å². The molecule has 2 rings (SSSR count). The van der Waals surface area contributed by atoms with Gasteiger partial charge in [-0.2, -0.15) is 0 Å². The maximum Gasteiger partial charge on any atom is 0.256 e. The number of anilines is 1. The van der Waals surface area contributed by atoms with Crippen LogP contribution in [-0.4, -0.2) is 29.0 Å². The summed E-state index contributed by atoms with van der Waals surface area (Å²) in [6.45, 7) is 1.57. The number of aromatic hydroxyl groups is 1. The average molecular weight is 220 g/mol. The predicted octanol–water partition coefficient (Wildman–Crippen LogP) is 1.60. The van der Waals surface area contributed by atoms with Crippen molar-refractivity contribution in [3.05, 3.63) is 23.8 Å². The number of phenols is 1. The van der Waals surface area contributed by atoms with Gasteiger partial charge in [0.25, 0.3) is 5.91 Å². The highest BCUT2D eigenvalue weighted by atomic mass is 16.3. The van der Waals surface area contributed by atoms with E-state index >= 15 is 0 Å². The standard InChI is InChI=1S/C12H16N2O2/c13-11-5-4-9(15)8-10(11)12(16)14-6-2-1-3-7-14/h4-5,8,15H,1-3,6-7,13H2. The normalized spacial score (nSPS) is 16.1. The summed E-state index contributed by atoms with van der Waals surface area (Å²) in [5, 5.41) is 9.36. The number of rotatable bonds is 1. The molecule has 0 bridgehead atoms. The van der Waals surface area contributed by atoms with Crippen LogP contribution in [0.2, 0.25) is 0 Å². The molecule has 1 fully saturated rings. The van der Waals surface area contributed by atoms with E-state index in [1.807, 2.05) is 0 Å². The van der Waals surface area contributed by atoms with Gasteiger partial charge < -0.3 is 15.7 Å². The number of amides is 1. The minimum atomic E-state index is -0.0758. The van der Waals surface area contributed by atoms with Crippen molar-refractivity contribution in [2.75, 3.05) is 18.8 Å². The van der Waals surface area contributed by atoms with Crippen LogP contribution in [0.25, 0.3) is 0 Å². The first-order chi connectivity index (χ1) is 7.68. The first-order valence-corrected chi connectivity index (χ1v) is 5.56. The molecule has 0 aliphatic carbocycles. The Hall–Kier alpha value is -1.71. The third-order valence-electron chi connectivity index (χ3n) is 2.91. The summed E-state index contributed by atoms with van der Waals surface area (Å²) in [6.07, 6.45) is 3.27. The molecule has 0 spiro atoms. The summed E-state index contributed by atoms with van der Waals surface area (Å²) in [7, 11) is 0. The van der Waals surface area contributed by atoms with Crippen molar-refractivity contribution in [2.24, 2.45) is 0 Å². The number of phenolic OH excluding ortho intramolecular Hbond substituents is 1.